The molecular formula is C28H24F3N3O4. The van der Waals surface area contributed by atoms with Gasteiger partial charge in [0.25, 0.3) is 0 Å². The summed E-state index contributed by atoms with van der Waals surface area (Å²) in [6, 6.07) is 10.8. The van der Waals surface area contributed by atoms with Crippen LogP contribution in [0.3, 0.4) is 0 Å². The Kier molecular flexibility index (Phi) is 7.52. The molecule has 0 saturated heterocycles. The number of hydrogen-bond acceptors (Lipinski definition) is 6. The van der Waals surface area contributed by atoms with Gasteiger partial charge in [-0.05, 0) is 56.7 Å². The number of anilines is 1. The van der Waals surface area contributed by atoms with E-state index in [-0.39, 0.29) is 51.2 Å². The average molecular weight is 524 g/mol. The number of hydrogen-bond donors (Lipinski definition) is 2. The van der Waals surface area contributed by atoms with Crippen molar-refractivity contribution in [3.05, 3.63) is 98.5 Å². The fourth-order valence-corrected chi connectivity index (χ4v) is 4.31. The van der Waals surface area contributed by atoms with Gasteiger partial charge >= 0.3 is 6.47 Å². The van der Waals surface area contributed by atoms with Crippen LogP contribution in [0.2, 0.25) is 0 Å². The van der Waals surface area contributed by atoms with Crippen LogP contribution in [0.5, 0.6) is 0 Å². The molecule has 0 aliphatic heterocycles. The number of nitrogens with zero attached hydrogens (tertiary/aromatic N) is 1. The number of benzene rings is 3. The highest BCUT2D eigenvalue weighted by atomic mass is 19.2. The first-order chi connectivity index (χ1) is 18.2. The maximum absolute atomic E-state index is 14.9. The summed E-state index contributed by atoms with van der Waals surface area (Å²) in [4.78, 5) is 32.5. The van der Waals surface area contributed by atoms with Crippen molar-refractivity contribution in [3.8, 4) is 11.3 Å². The fraction of sp³-hybridized carbons (Fsp3) is 0.179. The van der Waals surface area contributed by atoms with Gasteiger partial charge in [0.15, 0.2) is 22.9 Å². The summed E-state index contributed by atoms with van der Waals surface area (Å²) in [6.07, 6.45) is 0. The van der Waals surface area contributed by atoms with Crippen molar-refractivity contribution in [1.82, 2.24) is 5.48 Å². The molecule has 38 heavy (non-hydrogen) atoms. The van der Waals surface area contributed by atoms with Crippen molar-refractivity contribution in [3.63, 3.8) is 0 Å². The van der Waals surface area contributed by atoms with E-state index in [1.807, 2.05) is 0 Å². The summed E-state index contributed by atoms with van der Waals surface area (Å²) in [5, 5.41) is 3.46. The first-order valence-electron chi connectivity index (χ1n) is 11.6. The van der Waals surface area contributed by atoms with Gasteiger partial charge in [0.1, 0.15) is 17.2 Å². The van der Waals surface area contributed by atoms with Crippen molar-refractivity contribution in [1.29, 1.82) is 0 Å². The molecule has 1 aromatic heterocycles. The summed E-state index contributed by atoms with van der Waals surface area (Å²) >= 11 is 0. The number of aryl methyl sites for hydroxylation is 1. The third-order valence-electron chi connectivity index (χ3n) is 6.10. The van der Waals surface area contributed by atoms with Gasteiger partial charge in [-0.25, -0.2) is 18.7 Å². The van der Waals surface area contributed by atoms with Crippen molar-refractivity contribution >= 4 is 29.0 Å². The maximum Gasteiger partial charge on any atom is 0.320 e. The van der Waals surface area contributed by atoms with E-state index >= 15 is 0 Å². The Labute approximate surface area is 215 Å². The summed E-state index contributed by atoms with van der Waals surface area (Å²) in [6.45, 7) is 5.21. The summed E-state index contributed by atoms with van der Waals surface area (Å²) < 4.78 is 49.6. The number of amidine groups is 1. The fourth-order valence-electron chi connectivity index (χ4n) is 4.31. The van der Waals surface area contributed by atoms with E-state index in [4.69, 9.17) is 4.42 Å². The summed E-state index contributed by atoms with van der Waals surface area (Å²) in [5.41, 5.74) is 3.65. The molecule has 1 unspecified atom stereocenters. The van der Waals surface area contributed by atoms with Gasteiger partial charge in [0.05, 0.1) is 22.6 Å². The second-order valence-corrected chi connectivity index (χ2v) is 8.63. The quantitative estimate of drug-likeness (QED) is 0.139. The first kappa shape index (κ1) is 26.5. The molecule has 3 aromatic carbocycles. The van der Waals surface area contributed by atoms with Gasteiger partial charge in [0.2, 0.25) is 0 Å². The first-order valence-corrected chi connectivity index (χ1v) is 11.6. The lowest BCUT2D eigenvalue weighted by atomic mass is 9.98. The number of halogens is 3. The molecule has 0 spiro atoms. The van der Waals surface area contributed by atoms with E-state index < -0.39 is 23.5 Å². The van der Waals surface area contributed by atoms with Crippen LogP contribution >= 0.6 is 0 Å². The van der Waals surface area contributed by atoms with Crippen molar-refractivity contribution < 1.29 is 27.2 Å². The predicted octanol–water partition coefficient (Wildman–Crippen LogP) is 5.72. The molecule has 0 bridgehead atoms. The zero-order valence-corrected chi connectivity index (χ0v) is 21.0. The van der Waals surface area contributed by atoms with Gasteiger partial charge in [0, 0.05) is 23.9 Å². The molecule has 0 radical (unpaired) electrons. The monoisotopic (exact) mass is 523 g/mol. The van der Waals surface area contributed by atoms with Crippen LogP contribution in [-0.4, -0.2) is 19.4 Å². The van der Waals surface area contributed by atoms with Crippen LogP contribution in [0, 0.1) is 31.3 Å². The molecule has 0 aliphatic rings. The van der Waals surface area contributed by atoms with Gasteiger partial charge in [-0.1, -0.05) is 18.2 Å². The number of carbonyl (C=O) groups excluding carboxylic acids is 1. The third-order valence-corrected chi connectivity index (χ3v) is 6.10. The van der Waals surface area contributed by atoms with Crippen LogP contribution < -0.4 is 16.2 Å². The number of aliphatic imine (C=N–C) groups is 1. The minimum atomic E-state index is -1.13. The Hall–Kier alpha value is -4.60. The van der Waals surface area contributed by atoms with Gasteiger partial charge in [-0.3, -0.25) is 14.6 Å². The van der Waals surface area contributed by atoms with Crippen LogP contribution in [0.15, 0.2) is 62.7 Å². The second kappa shape index (κ2) is 10.8. The highest BCUT2D eigenvalue weighted by Gasteiger charge is 2.23. The molecular weight excluding hydrogens is 499 g/mol. The van der Waals surface area contributed by atoms with Crippen molar-refractivity contribution in [2.45, 2.75) is 26.8 Å². The molecule has 4 rings (SSSR count). The molecule has 196 valence electrons. The highest BCUT2D eigenvalue weighted by molar-refractivity contribution is 6.03. The maximum atomic E-state index is 14.9. The largest absolute Gasteiger partial charge is 0.455 e. The number of carbonyl (C=O) groups is 1. The van der Waals surface area contributed by atoms with E-state index in [0.29, 0.717) is 11.3 Å². The number of hydroxylamine groups is 1. The molecule has 1 atom stereocenters. The molecule has 2 N–H and O–H groups in total. The zero-order valence-electron chi connectivity index (χ0n) is 21.0. The zero-order chi connectivity index (χ0) is 27.6. The molecule has 1 heterocycles. The highest BCUT2D eigenvalue weighted by Crippen LogP contribution is 2.34. The van der Waals surface area contributed by atoms with Crippen LogP contribution in [0.4, 0.5) is 18.9 Å². The van der Waals surface area contributed by atoms with Crippen LogP contribution in [0.25, 0.3) is 22.3 Å². The van der Waals surface area contributed by atoms with E-state index in [2.05, 4.69) is 20.6 Å². The topological polar surface area (TPSA) is 92.9 Å². The van der Waals surface area contributed by atoms with Crippen molar-refractivity contribution in [2.24, 2.45) is 4.99 Å². The Morgan fingerprint density at radius 2 is 1.79 bits per heavy atom. The van der Waals surface area contributed by atoms with E-state index in [1.54, 1.807) is 32.0 Å². The summed E-state index contributed by atoms with van der Waals surface area (Å²) in [5.74, 6) is -2.95. The molecule has 0 amide bonds. The number of rotatable bonds is 7. The normalized spacial score (nSPS) is 12.3. The third kappa shape index (κ3) is 4.84. The standard InChI is InChI=1S/C28H24F3N3O4/c1-14-11-18(16(3)33-22-10-6-8-20(29)23(22)28(32-4)34-37-13-35)27-19(12-14)25(36)15(2)26(38-27)17-7-5-9-21(30)24(17)31/h5-13,16,33H,1-4H3,(H,32,34). The number of nitrogens with one attached hydrogen (secondary N) is 2. The van der Waals surface area contributed by atoms with Crippen molar-refractivity contribution in [2.75, 3.05) is 12.4 Å². The second-order valence-electron chi connectivity index (χ2n) is 8.63. The predicted molar refractivity (Wildman–Crippen MR) is 138 cm³/mol. The van der Waals surface area contributed by atoms with E-state index in [0.717, 1.165) is 11.6 Å². The summed E-state index contributed by atoms with van der Waals surface area (Å²) in [7, 11) is 1.40. The van der Waals surface area contributed by atoms with Gasteiger partial charge in [-0.2, -0.15) is 0 Å². The lowest BCUT2D eigenvalue weighted by Crippen LogP contribution is -2.27. The molecule has 0 aliphatic carbocycles. The Bertz CT molecular complexity index is 1630. The Balaban J connectivity index is 1.88. The Morgan fingerprint density at radius 1 is 1.08 bits per heavy atom. The molecule has 0 saturated carbocycles. The molecule has 0 fully saturated rings. The minimum absolute atomic E-state index is 0.0143. The van der Waals surface area contributed by atoms with Gasteiger partial charge in [-0.15, -0.1) is 0 Å². The number of fused-ring (bicyclic) bond motifs is 1. The SMILES string of the molecule is CN=C(NOC=O)c1c(F)cccc1NC(C)c1cc(C)cc2c(=O)c(C)c(-c3cccc(F)c3F)oc12. The molecule has 7 nitrogen and oxygen atoms in total. The lowest BCUT2D eigenvalue weighted by molar-refractivity contribution is -0.132. The molecule has 10 heteroatoms. The Morgan fingerprint density at radius 3 is 2.50 bits per heavy atom. The smallest absolute Gasteiger partial charge is 0.320 e. The van der Waals surface area contributed by atoms with E-state index in [1.165, 1.54) is 38.2 Å². The van der Waals surface area contributed by atoms with Crippen LogP contribution in [0.1, 0.15) is 35.2 Å². The minimum Gasteiger partial charge on any atom is -0.455 e. The average Bonchev–Trinajstić information content (AvgIpc) is 2.89. The lowest BCUT2D eigenvalue weighted by Gasteiger charge is -2.21. The molecule has 4 aromatic rings. The van der Waals surface area contributed by atoms with Crippen LogP contribution in [-0.2, 0) is 9.63 Å². The van der Waals surface area contributed by atoms with Gasteiger partial charge < -0.3 is 14.6 Å². The van der Waals surface area contributed by atoms with E-state index in [9.17, 15) is 22.8 Å².